The van der Waals surface area contributed by atoms with Crippen LogP contribution in [0.2, 0.25) is 0 Å². The monoisotopic (exact) mass is 382 g/mol. The highest BCUT2D eigenvalue weighted by Gasteiger charge is 2.32. The molecule has 146 valence electrons. The van der Waals surface area contributed by atoms with Gasteiger partial charge in [0.05, 0.1) is 26.6 Å². The number of amides is 1. The molecule has 1 aliphatic heterocycles. The number of hydrogen-bond acceptors (Lipinski definition) is 6. The number of rotatable bonds is 7. The number of nitrogens with two attached hydrogens (primary N) is 1. The molecule has 2 aromatic carbocycles. The number of cyclic esters (lactones) is 1. The van der Waals surface area contributed by atoms with Gasteiger partial charge in [0.2, 0.25) is 0 Å². The van der Waals surface area contributed by atoms with E-state index in [1.165, 1.54) is 12.0 Å². The van der Waals surface area contributed by atoms with Crippen molar-refractivity contribution in [3.8, 4) is 0 Å². The molecule has 1 fully saturated rings. The predicted molar refractivity (Wildman–Crippen MR) is 106 cm³/mol. The highest BCUT2D eigenvalue weighted by Crippen LogP contribution is 2.23. The number of methoxy groups -OCH3 is 1. The molecular weight excluding hydrogens is 360 g/mol. The van der Waals surface area contributed by atoms with Crippen molar-refractivity contribution in [3.63, 3.8) is 0 Å². The molecule has 1 unspecified atom stereocenters. The second kappa shape index (κ2) is 8.43. The van der Waals surface area contributed by atoms with Crippen molar-refractivity contribution in [2.75, 3.05) is 30.4 Å². The number of carbonyl (C=O) groups is 2. The number of ether oxygens (including phenoxy) is 2. The molecule has 3 rings (SSSR count). The number of amidine groups is 1. The van der Waals surface area contributed by atoms with Crippen LogP contribution in [0.3, 0.4) is 0 Å². The van der Waals surface area contributed by atoms with Gasteiger partial charge in [-0.25, -0.2) is 4.79 Å². The quantitative estimate of drug-likeness (QED) is 0.384. The molecule has 8 heteroatoms. The van der Waals surface area contributed by atoms with E-state index in [-0.39, 0.29) is 24.3 Å². The molecule has 1 heterocycles. The van der Waals surface area contributed by atoms with Crippen LogP contribution in [0, 0.1) is 5.41 Å². The van der Waals surface area contributed by atoms with Crippen molar-refractivity contribution in [1.29, 1.82) is 5.41 Å². The fraction of sp³-hybridized carbons (Fsp3) is 0.250. The van der Waals surface area contributed by atoms with Crippen LogP contribution in [0.25, 0.3) is 0 Å². The maximum absolute atomic E-state index is 12.2. The summed E-state index contributed by atoms with van der Waals surface area (Å²) in [5, 5.41) is 10.7. The predicted octanol–water partition coefficient (Wildman–Crippen LogP) is 2.12. The molecule has 1 atom stereocenters. The Morgan fingerprint density at radius 3 is 2.68 bits per heavy atom. The van der Waals surface area contributed by atoms with Crippen molar-refractivity contribution in [3.05, 3.63) is 59.7 Å². The highest BCUT2D eigenvalue weighted by atomic mass is 16.6. The topological polar surface area (TPSA) is 118 Å². The first kappa shape index (κ1) is 19.2. The van der Waals surface area contributed by atoms with Crippen LogP contribution in [0.5, 0.6) is 0 Å². The van der Waals surface area contributed by atoms with Gasteiger partial charge in [0.15, 0.2) is 0 Å². The van der Waals surface area contributed by atoms with Gasteiger partial charge < -0.3 is 20.5 Å². The molecule has 28 heavy (non-hydrogen) atoms. The van der Waals surface area contributed by atoms with E-state index in [4.69, 9.17) is 20.6 Å². The Morgan fingerprint density at radius 1 is 1.29 bits per heavy atom. The van der Waals surface area contributed by atoms with Crippen molar-refractivity contribution in [2.24, 2.45) is 5.73 Å². The van der Waals surface area contributed by atoms with Crippen molar-refractivity contribution >= 4 is 29.3 Å². The summed E-state index contributed by atoms with van der Waals surface area (Å²) < 4.78 is 10.2. The number of benzene rings is 2. The van der Waals surface area contributed by atoms with E-state index in [1.807, 2.05) is 24.3 Å². The molecule has 2 aromatic rings. The van der Waals surface area contributed by atoms with Crippen LogP contribution < -0.4 is 16.0 Å². The normalized spacial score (nSPS) is 15.8. The number of nitrogen functional groups attached to an aromatic ring is 1. The molecular formula is C20H22N4O4. The van der Waals surface area contributed by atoms with E-state index >= 15 is 0 Å². The average molecular weight is 382 g/mol. The smallest absolute Gasteiger partial charge is 0.414 e. The summed E-state index contributed by atoms with van der Waals surface area (Å²) >= 11 is 0. The number of para-hydroxylation sites is 1. The Kier molecular flexibility index (Phi) is 5.78. The van der Waals surface area contributed by atoms with Gasteiger partial charge in [-0.05, 0) is 35.9 Å². The third kappa shape index (κ3) is 4.40. The minimum absolute atomic E-state index is 0.0248. The lowest BCUT2D eigenvalue weighted by Crippen LogP contribution is -2.27. The van der Waals surface area contributed by atoms with Crippen molar-refractivity contribution in [1.82, 2.24) is 0 Å². The maximum atomic E-state index is 12.2. The number of hydrogen-bond donors (Lipinski definition) is 3. The third-order valence-corrected chi connectivity index (χ3v) is 4.46. The second-order valence-electron chi connectivity index (χ2n) is 6.37. The molecule has 0 bridgehead atoms. The van der Waals surface area contributed by atoms with E-state index in [1.54, 1.807) is 24.3 Å². The Hall–Kier alpha value is -3.55. The van der Waals surface area contributed by atoms with Crippen LogP contribution in [0.1, 0.15) is 11.1 Å². The van der Waals surface area contributed by atoms with Gasteiger partial charge in [-0.2, -0.15) is 0 Å². The highest BCUT2D eigenvalue weighted by molar-refractivity contribution is 5.96. The minimum Gasteiger partial charge on any atom is -0.469 e. The lowest BCUT2D eigenvalue weighted by Gasteiger charge is -2.15. The Morgan fingerprint density at radius 2 is 2.00 bits per heavy atom. The molecule has 0 radical (unpaired) electrons. The lowest BCUT2D eigenvalue weighted by molar-refractivity contribution is -0.139. The van der Waals surface area contributed by atoms with Crippen molar-refractivity contribution < 1.29 is 19.1 Å². The van der Waals surface area contributed by atoms with Crippen LogP contribution in [-0.2, 0) is 20.7 Å². The molecule has 0 spiro atoms. The van der Waals surface area contributed by atoms with Gasteiger partial charge in [0, 0.05) is 16.9 Å². The zero-order chi connectivity index (χ0) is 20.1. The summed E-state index contributed by atoms with van der Waals surface area (Å²) in [5.74, 6) is -0.343. The van der Waals surface area contributed by atoms with Gasteiger partial charge >= 0.3 is 12.1 Å². The molecule has 0 aromatic heterocycles. The summed E-state index contributed by atoms with van der Waals surface area (Å²) in [6.07, 6.45) is -0.602. The van der Waals surface area contributed by atoms with Crippen LogP contribution >= 0.6 is 0 Å². The summed E-state index contributed by atoms with van der Waals surface area (Å²) in [6, 6.07) is 14.3. The van der Waals surface area contributed by atoms with Crippen LogP contribution in [0.4, 0.5) is 16.2 Å². The molecule has 0 saturated carbocycles. The first-order chi connectivity index (χ1) is 13.5. The molecule has 1 amide bonds. The lowest BCUT2D eigenvalue weighted by atomic mass is 10.1. The number of esters is 1. The number of nitrogens with zero attached hydrogens (tertiary/aromatic N) is 1. The molecule has 1 saturated heterocycles. The molecule has 4 N–H and O–H groups in total. The first-order valence-corrected chi connectivity index (χ1v) is 8.79. The Bertz CT molecular complexity index is 882. The fourth-order valence-corrected chi connectivity index (χ4v) is 2.96. The molecule has 8 nitrogen and oxygen atoms in total. The molecule has 0 aliphatic carbocycles. The van der Waals surface area contributed by atoms with Gasteiger partial charge in [-0.15, -0.1) is 0 Å². The fourth-order valence-electron chi connectivity index (χ4n) is 2.96. The molecule has 1 aliphatic rings. The van der Waals surface area contributed by atoms with Gasteiger partial charge in [0.25, 0.3) is 0 Å². The van der Waals surface area contributed by atoms with E-state index in [0.717, 1.165) is 11.3 Å². The van der Waals surface area contributed by atoms with E-state index in [0.29, 0.717) is 24.3 Å². The summed E-state index contributed by atoms with van der Waals surface area (Å²) in [4.78, 5) is 25.3. The average Bonchev–Trinajstić information content (AvgIpc) is 3.07. The van der Waals surface area contributed by atoms with E-state index in [9.17, 15) is 9.59 Å². The Labute approximate surface area is 162 Å². The van der Waals surface area contributed by atoms with Gasteiger partial charge in [-0.1, -0.05) is 18.2 Å². The minimum atomic E-state index is -0.426. The van der Waals surface area contributed by atoms with Gasteiger partial charge in [-0.3, -0.25) is 15.1 Å². The SMILES string of the molecule is COC(=O)Cc1ccccc1NCC1CN(c2ccc(C(=N)N)cc2)C(=O)O1. The van der Waals surface area contributed by atoms with Crippen molar-refractivity contribution in [2.45, 2.75) is 12.5 Å². The van der Waals surface area contributed by atoms with Crippen LogP contribution in [0.15, 0.2) is 48.5 Å². The summed E-state index contributed by atoms with van der Waals surface area (Å²) in [5.41, 5.74) is 8.35. The number of anilines is 2. The van der Waals surface area contributed by atoms with Crippen LogP contribution in [-0.4, -0.2) is 44.2 Å². The summed E-state index contributed by atoms with van der Waals surface area (Å²) in [7, 11) is 1.36. The standard InChI is InChI=1S/C20H22N4O4/c1-27-18(25)10-14-4-2-3-5-17(14)23-11-16-12-24(20(26)28-16)15-8-6-13(7-9-15)19(21)22/h2-9,16,23H,10-12H2,1H3,(H3,21,22). The first-order valence-electron chi connectivity index (χ1n) is 8.79. The van der Waals surface area contributed by atoms with Gasteiger partial charge in [0.1, 0.15) is 11.9 Å². The largest absolute Gasteiger partial charge is 0.469 e. The zero-order valence-electron chi connectivity index (χ0n) is 15.5. The second-order valence-corrected chi connectivity index (χ2v) is 6.37. The van der Waals surface area contributed by atoms with E-state index in [2.05, 4.69) is 5.32 Å². The summed E-state index contributed by atoms with van der Waals surface area (Å²) in [6.45, 7) is 0.802. The number of carbonyl (C=O) groups excluding carboxylic acids is 2. The third-order valence-electron chi connectivity index (χ3n) is 4.46. The Balaban J connectivity index is 1.62. The maximum Gasteiger partial charge on any atom is 0.414 e. The number of nitrogens with one attached hydrogen (secondary N) is 2. The zero-order valence-corrected chi connectivity index (χ0v) is 15.5. The van der Waals surface area contributed by atoms with E-state index < -0.39 is 6.09 Å².